The standard InChI is InChI=1S/C16H17ClN2O3/c1-10(13-5-4-12(21-2)9-15(13)22-3)19-16(20)14-8-11(17)6-7-18-14/h4-10H,1-3H3,(H,19,20)/t10-/m0/s1. The van der Waals surface area contributed by atoms with E-state index in [1.165, 1.54) is 12.3 Å². The van der Waals surface area contributed by atoms with Crippen LogP contribution >= 0.6 is 11.6 Å². The molecular formula is C16H17ClN2O3. The third-order valence-corrected chi connectivity index (χ3v) is 3.44. The van der Waals surface area contributed by atoms with Crippen LogP contribution in [-0.2, 0) is 0 Å². The summed E-state index contributed by atoms with van der Waals surface area (Å²) in [5.74, 6) is 1.04. The van der Waals surface area contributed by atoms with Crippen LogP contribution in [0.4, 0.5) is 0 Å². The molecule has 1 amide bonds. The molecule has 1 N–H and O–H groups in total. The van der Waals surface area contributed by atoms with E-state index in [-0.39, 0.29) is 17.6 Å². The number of rotatable bonds is 5. The zero-order valence-electron chi connectivity index (χ0n) is 12.6. The molecule has 0 radical (unpaired) electrons. The molecule has 1 heterocycles. The molecule has 0 saturated carbocycles. The van der Waals surface area contributed by atoms with Gasteiger partial charge in [0.25, 0.3) is 5.91 Å². The Morgan fingerprint density at radius 3 is 2.64 bits per heavy atom. The quantitative estimate of drug-likeness (QED) is 0.918. The normalized spacial score (nSPS) is 11.6. The third-order valence-electron chi connectivity index (χ3n) is 3.21. The number of aromatic nitrogens is 1. The van der Waals surface area contributed by atoms with E-state index in [4.69, 9.17) is 21.1 Å². The molecular weight excluding hydrogens is 304 g/mol. The highest BCUT2D eigenvalue weighted by molar-refractivity contribution is 6.30. The molecule has 6 heteroatoms. The zero-order chi connectivity index (χ0) is 16.1. The maximum Gasteiger partial charge on any atom is 0.270 e. The van der Waals surface area contributed by atoms with Gasteiger partial charge in [-0.25, -0.2) is 0 Å². The highest BCUT2D eigenvalue weighted by Gasteiger charge is 2.16. The van der Waals surface area contributed by atoms with E-state index in [2.05, 4.69) is 10.3 Å². The highest BCUT2D eigenvalue weighted by Crippen LogP contribution is 2.29. The van der Waals surface area contributed by atoms with E-state index in [1.807, 2.05) is 19.1 Å². The lowest BCUT2D eigenvalue weighted by atomic mass is 10.1. The van der Waals surface area contributed by atoms with Gasteiger partial charge in [0.15, 0.2) is 0 Å². The number of hydrogen-bond acceptors (Lipinski definition) is 4. The Balaban J connectivity index is 2.18. The molecule has 0 spiro atoms. The second-order valence-electron chi connectivity index (χ2n) is 4.66. The Morgan fingerprint density at radius 2 is 2.00 bits per heavy atom. The molecule has 1 aromatic heterocycles. The van der Waals surface area contributed by atoms with Gasteiger partial charge in [-0.3, -0.25) is 9.78 Å². The van der Waals surface area contributed by atoms with Crippen molar-refractivity contribution in [3.8, 4) is 11.5 Å². The fourth-order valence-corrected chi connectivity index (χ4v) is 2.21. The van der Waals surface area contributed by atoms with Crippen molar-refractivity contribution in [3.63, 3.8) is 0 Å². The van der Waals surface area contributed by atoms with Gasteiger partial charge < -0.3 is 14.8 Å². The fraction of sp³-hybridized carbons (Fsp3) is 0.250. The van der Waals surface area contributed by atoms with Crippen LogP contribution in [0.15, 0.2) is 36.5 Å². The van der Waals surface area contributed by atoms with Crippen molar-refractivity contribution >= 4 is 17.5 Å². The molecule has 5 nitrogen and oxygen atoms in total. The highest BCUT2D eigenvalue weighted by atomic mass is 35.5. The lowest BCUT2D eigenvalue weighted by Gasteiger charge is -2.18. The van der Waals surface area contributed by atoms with Crippen LogP contribution in [0, 0.1) is 0 Å². The number of hydrogen-bond donors (Lipinski definition) is 1. The van der Waals surface area contributed by atoms with Gasteiger partial charge >= 0.3 is 0 Å². The summed E-state index contributed by atoms with van der Waals surface area (Å²) in [5.41, 5.74) is 1.12. The van der Waals surface area contributed by atoms with E-state index >= 15 is 0 Å². The first-order valence-electron chi connectivity index (χ1n) is 6.69. The Bertz CT molecular complexity index is 676. The van der Waals surface area contributed by atoms with Crippen molar-refractivity contribution in [3.05, 3.63) is 52.8 Å². The number of methoxy groups -OCH3 is 2. The molecule has 1 atom stereocenters. The molecule has 0 saturated heterocycles. The summed E-state index contributed by atoms with van der Waals surface area (Å²) in [6.07, 6.45) is 1.50. The van der Waals surface area contributed by atoms with Crippen LogP contribution in [0.5, 0.6) is 11.5 Å². The molecule has 2 aromatic rings. The van der Waals surface area contributed by atoms with Crippen LogP contribution < -0.4 is 14.8 Å². The Labute approximate surface area is 134 Å². The first kappa shape index (κ1) is 16.1. The number of halogens is 1. The van der Waals surface area contributed by atoms with E-state index in [0.717, 1.165) is 5.56 Å². The lowest BCUT2D eigenvalue weighted by Crippen LogP contribution is -2.27. The van der Waals surface area contributed by atoms with Gasteiger partial charge in [0.1, 0.15) is 17.2 Å². The van der Waals surface area contributed by atoms with Gasteiger partial charge in [-0.1, -0.05) is 11.6 Å². The molecule has 22 heavy (non-hydrogen) atoms. The van der Waals surface area contributed by atoms with Crippen LogP contribution in [0.1, 0.15) is 29.0 Å². The Morgan fingerprint density at radius 1 is 1.23 bits per heavy atom. The molecule has 1 aromatic carbocycles. The smallest absolute Gasteiger partial charge is 0.270 e. The molecule has 0 aliphatic heterocycles. The minimum Gasteiger partial charge on any atom is -0.497 e. The third kappa shape index (κ3) is 3.68. The van der Waals surface area contributed by atoms with Gasteiger partial charge in [-0.05, 0) is 31.2 Å². The molecule has 116 valence electrons. The molecule has 0 fully saturated rings. The van der Waals surface area contributed by atoms with Gasteiger partial charge in [-0.2, -0.15) is 0 Å². The number of benzene rings is 1. The average molecular weight is 321 g/mol. The van der Waals surface area contributed by atoms with Crippen molar-refractivity contribution < 1.29 is 14.3 Å². The number of carbonyl (C=O) groups is 1. The molecule has 0 aliphatic rings. The summed E-state index contributed by atoms with van der Waals surface area (Å²) in [6, 6.07) is 8.33. The summed E-state index contributed by atoms with van der Waals surface area (Å²) in [7, 11) is 3.16. The number of pyridine rings is 1. The molecule has 0 aliphatic carbocycles. The molecule has 0 unspecified atom stereocenters. The van der Waals surface area contributed by atoms with Crippen molar-refractivity contribution in [1.29, 1.82) is 0 Å². The van der Waals surface area contributed by atoms with E-state index in [0.29, 0.717) is 16.5 Å². The summed E-state index contributed by atoms with van der Waals surface area (Å²) in [5, 5.41) is 3.34. The Kier molecular flexibility index (Phi) is 5.22. The van der Waals surface area contributed by atoms with Crippen molar-refractivity contribution in [2.24, 2.45) is 0 Å². The minimum atomic E-state index is -0.298. The number of carbonyl (C=O) groups excluding carboxylic acids is 1. The van der Waals surface area contributed by atoms with Crippen molar-refractivity contribution in [1.82, 2.24) is 10.3 Å². The van der Waals surface area contributed by atoms with Gasteiger partial charge in [0, 0.05) is 22.8 Å². The first-order valence-corrected chi connectivity index (χ1v) is 7.07. The van der Waals surface area contributed by atoms with Crippen LogP contribution in [-0.4, -0.2) is 25.1 Å². The molecule has 0 bridgehead atoms. The SMILES string of the molecule is COc1ccc([C@H](C)NC(=O)c2cc(Cl)ccn2)c(OC)c1. The zero-order valence-corrected chi connectivity index (χ0v) is 13.3. The number of ether oxygens (including phenoxy) is 2. The summed E-state index contributed by atoms with van der Waals surface area (Å²) in [6.45, 7) is 1.87. The van der Waals surface area contributed by atoms with Crippen molar-refractivity contribution in [2.45, 2.75) is 13.0 Å². The van der Waals surface area contributed by atoms with Crippen LogP contribution in [0.25, 0.3) is 0 Å². The maximum absolute atomic E-state index is 12.2. The van der Waals surface area contributed by atoms with Crippen LogP contribution in [0.2, 0.25) is 5.02 Å². The topological polar surface area (TPSA) is 60.5 Å². The van der Waals surface area contributed by atoms with E-state index in [9.17, 15) is 4.79 Å². The number of amides is 1. The van der Waals surface area contributed by atoms with Gasteiger partial charge in [-0.15, -0.1) is 0 Å². The minimum absolute atomic E-state index is 0.255. The fourth-order valence-electron chi connectivity index (χ4n) is 2.05. The summed E-state index contributed by atoms with van der Waals surface area (Å²) >= 11 is 5.87. The predicted octanol–water partition coefficient (Wildman–Crippen LogP) is 3.24. The second-order valence-corrected chi connectivity index (χ2v) is 5.10. The average Bonchev–Trinajstić information content (AvgIpc) is 2.54. The van der Waals surface area contributed by atoms with E-state index < -0.39 is 0 Å². The maximum atomic E-state index is 12.2. The first-order chi connectivity index (χ1) is 10.5. The monoisotopic (exact) mass is 320 g/mol. The van der Waals surface area contributed by atoms with Crippen LogP contribution in [0.3, 0.4) is 0 Å². The predicted molar refractivity (Wildman–Crippen MR) is 84.7 cm³/mol. The Hall–Kier alpha value is -2.27. The largest absolute Gasteiger partial charge is 0.497 e. The second kappa shape index (κ2) is 7.13. The summed E-state index contributed by atoms with van der Waals surface area (Å²) < 4.78 is 10.5. The van der Waals surface area contributed by atoms with Gasteiger partial charge in [0.2, 0.25) is 0 Å². The number of nitrogens with one attached hydrogen (secondary N) is 1. The van der Waals surface area contributed by atoms with Crippen molar-refractivity contribution in [2.75, 3.05) is 14.2 Å². The number of nitrogens with zero attached hydrogens (tertiary/aromatic N) is 1. The van der Waals surface area contributed by atoms with Gasteiger partial charge in [0.05, 0.1) is 20.3 Å². The summed E-state index contributed by atoms with van der Waals surface area (Å²) in [4.78, 5) is 16.2. The molecule has 2 rings (SSSR count). The lowest BCUT2D eigenvalue weighted by molar-refractivity contribution is 0.0934. The van der Waals surface area contributed by atoms with E-state index in [1.54, 1.807) is 26.4 Å².